The fourth-order valence-electron chi connectivity index (χ4n) is 1.22. The zero-order chi connectivity index (χ0) is 15.1. The van der Waals surface area contributed by atoms with Gasteiger partial charge in [0.05, 0.1) is 12.6 Å². The molecule has 1 unspecified atom stereocenters. The number of aromatic nitrogens is 4. The van der Waals surface area contributed by atoms with Gasteiger partial charge in [0.25, 0.3) is 6.43 Å². The number of H-pyrrole nitrogens is 1. The van der Waals surface area contributed by atoms with E-state index in [2.05, 4.69) is 15.3 Å². The molecule has 0 spiro atoms. The Hall–Kier alpha value is -1.67. The predicted octanol–water partition coefficient (Wildman–Crippen LogP) is 2.88. The molecule has 110 valence electrons. The number of halogens is 4. The maximum absolute atomic E-state index is 12.4. The number of aliphatic carboxylic acids is 1. The Kier molecular flexibility index (Phi) is 6.40. The largest absolute Gasteiger partial charge is 0.481 e. The number of nitrogens with zero attached hydrogens (tertiary/aromatic N) is 3. The molecule has 0 radical (unpaired) electrons. The number of aromatic amines is 1. The molecule has 0 aliphatic carbocycles. The van der Waals surface area contributed by atoms with Gasteiger partial charge in [0.15, 0.2) is 5.15 Å². The monoisotopic (exact) mass is 326 g/mol. The van der Waals surface area contributed by atoms with Crippen molar-refractivity contribution < 1.29 is 18.7 Å². The highest BCUT2D eigenvalue weighted by Gasteiger charge is 2.25. The van der Waals surface area contributed by atoms with E-state index < -0.39 is 24.9 Å². The van der Waals surface area contributed by atoms with Crippen LogP contribution < -0.4 is 0 Å². The van der Waals surface area contributed by atoms with Crippen molar-refractivity contribution in [2.75, 3.05) is 0 Å². The zero-order valence-corrected chi connectivity index (χ0v) is 11.4. The Morgan fingerprint density at radius 3 is 2.45 bits per heavy atom. The average molecular weight is 327 g/mol. The highest BCUT2D eigenvalue weighted by atomic mass is 35.5. The second-order valence-corrected chi connectivity index (χ2v) is 4.32. The summed E-state index contributed by atoms with van der Waals surface area (Å²) in [6, 6.07) is 1.53. The van der Waals surface area contributed by atoms with E-state index in [0.717, 1.165) is 4.68 Å². The fraction of sp³-hybridized carbons (Fsp3) is 0.300. The van der Waals surface area contributed by atoms with Crippen LogP contribution in [0, 0.1) is 0 Å². The van der Waals surface area contributed by atoms with Crippen LogP contribution in [0.25, 0.3) is 0 Å². The van der Waals surface area contributed by atoms with Crippen molar-refractivity contribution in [1.29, 1.82) is 0 Å². The number of carbonyl (C=O) groups is 1. The molecule has 6 nitrogen and oxygen atoms in total. The second kappa shape index (κ2) is 7.81. The number of carboxylic acids is 1. The van der Waals surface area contributed by atoms with E-state index in [-0.39, 0.29) is 5.15 Å². The third-order valence-electron chi connectivity index (χ3n) is 2.06. The molecule has 0 aliphatic rings. The predicted molar refractivity (Wildman–Crippen MR) is 68.1 cm³/mol. The molecule has 10 heteroatoms. The van der Waals surface area contributed by atoms with Crippen LogP contribution in [-0.4, -0.2) is 37.5 Å². The van der Waals surface area contributed by atoms with Crippen LogP contribution in [0.15, 0.2) is 24.5 Å². The normalized spacial score (nSPS) is 11.8. The quantitative estimate of drug-likeness (QED) is 0.904. The number of carboxylic acid groups (broad SMARTS) is 1. The van der Waals surface area contributed by atoms with Crippen LogP contribution in [0.4, 0.5) is 8.78 Å². The molecular weight excluding hydrogens is 317 g/mol. The van der Waals surface area contributed by atoms with Crippen molar-refractivity contribution in [2.24, 2.45) is 0 Å². The molecule has 1 atom stereocenters. The van der Waals surface area contributed by atoms with Gasteiger partial charge in [-0.25, -0.2) is 8.78 Å². The van der Waals surface area contributed by atoms with Crippen LogP contribution >= 0.6 is 23.2 Å². The van der Waals surface area contributed by atoms with Gasteiger partial charge in [-0.2, -0.15) is 10.2 Å². The molecule has 0 aromatic carbocycles. The summed E-state index contributed by atoms with van der Waals surface area (Å²) >= 11 is 10.8. The number of hydrogen-bond donors (Lipinski definition) is 2. The lowest BCUT2D eigenvalue weighted by atomic mass is 10.2. The number of hydrogen-bond acceptors (Lipinski definition) is 3. The summed E-state index contributed by atoms with van der Waals surface area (Å²) < 4.78 is 25.6. The van der Waals surface area contributed by atoms with E-state index >= 15 is 0 Å². The third kappa shape index (κ3) is 5.54. The van der Waals surface area contributed by atoms with Crippen LogP contribution in [0.2, 0.25) is 10.3 Å². The third-order valence-corrected chi connectivity index (χ3v) is 2.47. The first-order valence-electron chi connectivity index (χ1n) is 5.25. The first kappa shape index (κ1) is 16.4. The highest BCUT2D eigenvalue weighted by molar-refractivity contribution is 6.29. The lowest BCUT2D eigenvalue weighted by Crippen LogP contribution is -2.21. The van der Waals surface area contributed by atoms with Gasteiger partial charge in [0.2, 0.25) is 0 Å². The van der Waals surface area contributed by atoms with Crippen LogP contribution in [-0.2, 0) is 4.79 Å². The summed E-state index contributed by atoms with van der Waals surface area (Å²) in [5.41, 5.74) is 0. The van der Waals surface area contributed by atoms with Gasteiger partial charge in [0.1, 0.15) is 11.2 Å². The molecule has 2 aromatic rings. The van der Waals surface area contributed by atoms with Crippen molar-refractivity contribution in [2.45, 2.75) is 18.9 Å². The molecule has 2 heterocycles. The minimum absolute atomic E-state index is 0.0565. The molecular formula is C10H10Cl2F2N4O2. The molecule has 20 heavy (non-hydrogen) atoms. The summed E-state index contributed by atoms with van der Waals surface area (Å²) in [7, 11) is 0. The van der Waals surface area contributed by atoms with E-state index in [9.17, 15) is 13.6 Å². The van der Waals surface area contributed by atoms with Crippen molar-refractivity contribution in [3.05, 3.63) is 34.8 Å². The molecule has 0 amide bonds. The summed E-state index contributed by atoms with van der Waals surface area (Å²) in [6.07, 6.45) is -0.651. The maximum atomic E-state index is 12.4. The minimum atomic E-state index is -2.79. The van der Waals surface area contributed by atoms with Gasteiger partial charge in [0, 0.05) is 6.20 Å². The van der Waals surface area contributed by atoms with Crippen LogP contribution in [0.1, 0.15) is 12.5 Å². The maximum Gasteiger partial charge on any atom is 0.305 e. The Morgan fingerprint density at radius 1 is 1.45 bits per heavy atom. The molecule has 0 aliphatic heterocycles. The van der Waals surface area contributed by atoms with Crippen molar-refractivity contribution in [1.82, 2.24) is 20.0 Å². The van der Waals surface area contributed by atoms with Gasteiger partial charge >= 0.3 is 5.97 Å². The van der Waals surface area contributed by atoms with Crippen molar-refractivity contribution in [3.8, 4) is 0 Å². The molecule has 2 N–H and O–H groups in total. The molecule has 0 fully saturated rings. The van der Waals surface area contributed by atoms with E-state index in [4.69, 9.17) is 28.3 Å². The van der Waals surface area contributed by atoms with Gasteiger partial charge in [-0.05, 0) is 12.1 Å². The topological polar surface area (TPSA) is 83.8 Å². The lowest BCUT2D eigenvalue weighted by molar-refractivity contribution is -0.139. The van der Waals surface area contributed by atoms with Crippen molar-refractivity contribution in [3.63, 3.8) is 0 Å². The molecule has 2 aromatic heterocycles. The average Bonchev–Trinajstić information content (AvgIpc) is 2.98. The number of rotatable bonds is 4. The van der Waals surface area contributed by atoms with Gasteiger partial charge in [-0.15, -0.1) is 0 Å². The lowest BCUT2D eigenvalue weighted by Gasteiger charge is -2.13. The molecule has 0 saturated heterocycles. The first-order chi connectivity index (χ1) is 9.40. The Morgan fingerprint density at radius 2 is 2.15 bits per heavy atom. The van der Waals surface area contributed by atoms with E-state index in [1.54, 1.807) is 12.3 Å². The van der Waals surface area contributed by atoms with Crippen LogP contribution in [0.3, 0.4) is 0 Å². The standard InChI is InChI=1S/C7H7ClF2N2O2.C3H3ClN2/c8-5-1-2-12(11-5)4(7(9)10)3-6(13)14;4-3-1-2-5-6-3/h1-2,4,7H,3H2,(H,13,14);1-2H,(H,5,6). The number of alkyl halides is 2. The number of nitrogens with one attached hydrogen (secondary N) is 1. The second-order valence-electron chi connectivity index (χ2n) is 3.52. The van der Waals surface area contributed by atoms with E-state index in [0.29, 0.717) is 5.15 Å². The Labute approximate surface area is 122 Å². The first-order valence-corrected chi connectivity index (χ1v) is 6.01. The van der Waals surface area contributed by atoms with Gasteiger partial charge in [-0.1, -0.05) is 23.2 Å². The summed E-state index contributed by atoms with van der Waals surface area (Å²) in [4.78, 5) is 10.3. The molecule has 0 saturated carbocycles. The van der Waals surface area contributed by atoms with E-state index in [1.807, 2.05) is 0 Å². The molecule has 2 rings (SSSR count). The smallest absolute Gasteiger partial charge is 0.305 e. The highest BCUT2D eigenvalue weighted by Crippen LogP contribution is 2.20. The summed E-state index contributed by atoms with van der Waals surface area (Å²) in [6.45, 7) is 0. The van der Waals surface area contributed by atoms with Gasteiger partial charge < -0.3 is 5.11 Å². The SMILES string of the molecule is Clc1ccn[nH]1.O=C(O)CC(C(F)F)n1ccc(Cl)n1. The summed E-state index contributed by atoms with van der Waals surface area (Å²) in [5, 5.41) is 18.6. The fourth-order valence-corrected chi connectivity index (χ4v) is 1.46. The zero-order valence-electron chi connectivity index (χ0n) is 9.88. The summed E-state index contributed by atoms with van der Waals surface area (Å²) in [5.74, 6) is -1.30. The van der Waals surface area contributed by atoms with Gasteiger partial charge in [-0.3, -0.25) is 14.6 Å². The van der Waals surface area contributed by atoms with Crippen LogP contribution in [0.5, 0.6) is 0 Å². The minimum Gasteiger partial charge on any atom is -0.481 e. The van der Waals surface area contributed by atoms with E-state index in [1.165, 1.54) is 12.3 Å². The Balaban J connectivity index is 0.000000276. The Bertz CT molecular complexity index is 533. The van der Waals surface area contributed by atoms with Crippen molar-refractivity contribution >= 4 is 29.2 Å². The molecule has 0 bridgehead atoms.